The van der Waals surface area contributed by atoms with Gasteiger partial charge >= 0.3 is 6.03 Å². The Hall–Kier alpha value is -2.55. The van der Waals surface area contributed by atoms with Crippen molar-refractivity contribution in [3.05, 3.63) is 64.1 Å². The van der Waals surface area contributed by atoms with Crippen LogP contribution in [0.15, 0.2) is 53.4 Å². The van der Waals surface area contributed by atoms with E-state index in [4.69, 9.17) is 16.3 Å². The number of benzene rings is 2. The molecule has 1 aliphatic rings. The van der Waals surface area contributed by atoms with Crippen LogP contribution in [0.3, 0.4) is 0 Å². The van der Waals surface area contributed by atoms with Crippen molar-refractivity contribution in [2.24, 2.45) is 5.92 Å². The molecule has 0 saturated heterocycles. The minimum Gasteiger partial charge on any atom is -0.497 e. The highest BCUT2D eigenvalue weighted by molar-refractivity contribution is 7.98. The number of carbonyl (C=O) groups is 2. The zero-order valence-corrected chi connectivity index (χ0v) is 20.5. The molecular formula is C24H24ClN3O3S2. The van der Waals surface area contributed by atoms with Crippen LogP contribution in [0.4, 0.5) is 15.6 Å². The number of methoxy groups -OCH3 is 1. The average Bonchev–Trinajstić information content (AvgIpc) is 3.48. The van der Waals surface area contributed by atoms with Crippen LogP contribution in [0, 0.1) is 5.92 Å². The monoisotopic (exact) mass is 501 g/mol. The molecule has 33 heavy (non-hydrogen) atoms. The molecule has 0 unspecified atom stereocenters. The molecule has 2 N–H and O–H groups in total. The number of ether oxygens (including phenoxy) is 1. The maximum Gasteiger partial charge on any atom is 0.325 e. The molecule has 1 aromatic heterocycles. The Kier molecular flexibility index (Phi) is 7.90. The summed E-state index contributed by atoms with van der Waals surface area (Å²) in [5.74, 6) is 1.21. The van der Waals surface area contributed by atoms with Gasteiger partial charge in [-0.15, -0.1) is 11.8 Å². The number of aromatic nitrogens is 1. The van der Waals surface area contributed by atoms with Gasteiger partial charge in [-0.3, -0.25) is 10.1 Å². The fourth-order valence-electron chi connectivity index (χ4n) is 3.77. The molecule has 0 atom stereocenters. The summed E-state index contributed by atoms with van der Waals surface area (Å²) in [5.41, 5.74) is 1.63. The van der Waals surface area contributed by atoms with Crippen molar-refractivity contribution in [2.75, 3.05) is 17.7 Å². The lowest BCUT2D eigenvalue weighted by Crippen LogP contribution is -2.22. The summed E-state index contributed by atoms with van der Waals surface area (Å²) in [6, 6.07) is 14.6. The van der Waals surface area contributed by atoms with E-state index in [1.165, 1.54) is 11.3 Å². The van der Waals surface area contributed by atoms with Crippen molar-refractivity contribution in [3.8, 4) is 5.75 Å². The first-order valence-electron chi connectivity index (χ1n) is 10.7. The first-order chi connectivity index (χ1) is 16.0. The van der Waals surface area contributed by atoms with Gasteiger partial charge in [0.1, 0.15) is 10.1 Å². The number of thioether (sulfide) groups is 1. The maximum atomic E-state index is 13.1. The Morgan fingerprint density at radius 3 is 2.64 bits per heavy atom. The summed E-state index contributed by atoms with van der Waals surface area (Å²) in [7, 11) is 1.55. The van der Waals surface area contributed by atoms with Crippen LogP contribution in [0.5, 0.6) is 5.75 Å². The molecule has 0 bridgehead atoms. The van der Waals surface area contributed by atoms with Gasteiger partial charge in [-0.1, -0.05) is 54.0 Å². The Bertz CT molecular complexity index is 1130. The summed E-state index contributed by atoms with van der Waals surface area (Å²) in [6.45, 7) is 0. The lowest BCUT2D eigenvalue weighted by atomic mass is 9.95. The Morgan fingerprint density at radius 1 is 1.15 bits per heavy atom. The minimum absolute atomic E-state index is 0.0110. The normalized spacial score (nSPS) is 13.6. The summed E-state index contributed by atoms with van der Waals surface area (Å²) >= 11 is 9.17. The first-order valence-corrected chi connectivity index (χ1v) is 12.8. The molecule has 9 heteroatoms. The molecule has 4 rings (SSSR count). The van der Waals surface area contributed by atoms with Crippen LogP contribution in [0.25, 0.3) is 0 Å². The zero-order valence-electron chi connectivity index (χ0n) is 18.1. The lowest BCUT2D eigenvalue weighted by molar-refractivity contribution is 0.0923. The predicted octanol–water partition coefficient (Wildman–Crippen LogP) is 7.11. The van der Waals surface area contributed by atoms with E-state index in [0.29, 0.717) is 37.9 Å². The fraction of sp³-hybridized carbons (Fsp3) is 0.292. The van der Waals surface area contributed by atoms with Crippen molar-refractivity contribution in [1.82, 2.24) is 4.98 Å². The van der Waals surface area contributed by atoms with Crippen molar-refractivity contribution < 1.29 is 14.3 Å². The van der Waals surface area contributed by atoms with Crippen molar-refractivity contribution in [1.29, 1.82) is 0 Å². The third-order valence-corrected chi connectivity index (χ3v) is 7.73. The van der Waals surface area contributed by atoms with Crippen molar-refractivity contribution >= 4 is 57.3 Å². The molecule has 2 aromatic carbocycles. The van der Waals surface area contributed by atoms with Crippen LogP contribution in [0.2, 0.25) is 4.34 Å². The molecule has 172 valence electrons. The molecule has 0 radical (unpaired) electrons. The van der Waals surface area contributed by atoms with E-state index < -0.39 is 6.03 Å². The van der Waals surface area contributed by atoms with Gasteiger partial charge in [0.25, 0.3) is 0 Å². The van der Waals surface area contributed by atoms with Gasteiger partial charge in [0, 0.05) is 22.1 Å². The number of thiazole rings is 1. The van der Waals surface area contributed by atoms with E-state index in [1.54, 1.807) is 37.1 Å². The number of nitrogens with zero attached hydrogens (tertiary/aromatic N) is 1. The predicted molar refractivity (Wildman–Crippen MR) is 135 cm³/mol. The molecule has 0 spiro atoms. The van der Waals surface area contributed by atoms with E-state index >= 15 is 0 Å². The summed E-state index contributed by atoms with van der Waals surface area (Å²) in [4.78, 5) is 31.3. The van der Waals surface area contributed by atoms with Gasteiger partial charge in [0.15, 0.2) is 10.9 Å². The Balaban J connectivity index is 1.43. The van der Waals surface area contributed by atoms with Crippen LogP contribution in [-0.2, 0) is 5.75 Å². The standard InChI is InChI=1S/C24H24ClN3O3S2/c1-31-16-11-12-19(18(13-16)21(29)15-7-5-6-8-15)26-23(30)28-24-27-20(22(25)33-24)14-32-17-9-3-2-4-10-17/h2-4,9-13,15H,5-8,14H2,1H3,(H2,26,27,28,30). The van der Waals surface area contributed by atoms with Gasteiger partial charge in [-0.25, -0.2) is 9.78 Å². The molecule has 1 saturated carbocycles. The second kappa shape index (κ2) is 11.0. The van der Waals surface area contributed by atoms with Crippen LogP contribution in [-0.4, -0.2) is 23.9 Å². The van der Waals surface area contributed by atoms with E-state index in [-0.39, 0.29) is 11.7 Å². The Morgan fingerprint density at radius 2 is 1.91 bits per heavy atom. The van der Waals surface area contributed by atoms with Crippen LogP contribution >= 0.6 is 34.7 Å². The number of halogens is 1. The number of hydrogen-bond acceptors (Lipinski definition) is 6. The molecular weight excluding hydrogens is 478 g/mol. The summed E-state index contributed by atoms with van der Waals surface area (Å²) in [5, 5.41) is 5.93. The van der Waals surface area contributed by atoms with Crippen molar-refractivity contribution in [3.63, 3.8) is 0 Å². The van der Waals surface area contributed by atoms with Gasteiger partial charge in [0.2, 0.25) is 0 Å². The minimum atomic E-state index is -0.478. The quantitative estimate of drug-likeness (QED) is 0.254. The number of anilines is 2. The highest BCUT2D eigenvalue weighted by atomic mass is 35.5. The third kappa shape index (κ3) is 6.07. The van der Waals surface area contributed by atoms with Gasteiger partial charge in [0.05, 0.1) is 18.5 Å². The second-order valence-corrected chi connectivity index (χ2v) is 10.3. The number of hydrogen-bond donors (Lipinski definition) is 2. The van der Waals surface area contributed by atoms with Gasteiger partial charge in [-0.05, 0) is 43.2 Å². The number of carbonyl (C=O) groups excluding carboxylic acids is 2. The van der Waals surface area contributed by atoms with Crippen molar-refractivity contribution in [2.45, 2.75) is 36.3 Å². The number of nitrogens with one attached hydrogen (secondary N) is 2. The first kappa shape index (κ1) is 23.6. The summed E-state index contributed by atoms with van der Waals surface area (Å²) < 4.78 is 5.83. The second-order valence-electron chi connectivity index (χ2n) is 7.68. The number of Topliss-reactive ketones (excluding diaryl/α,β-unsaturated/α-hetero) is 1. The topological polar surface area (TPSA) is 80.3 Å². The van der Waals surface area contributed by atoms with Gasteiger partial charge < -0.3 is 10.1 Å². The lowest BCUT2D eigenvalue weighted by Gasteiger charge is -2.15. The highest BCUT2D eigenvalue weighted by Gasteiger charge is 2.26. The molecule has 0 aliphatic heterocycles. The molecule has 1 fully saturated rings. The largest absolute Gasteiger partial charge is 0.497 e. The van der Waals surface area contributed by atoms with Gasteiger partial charge in [-0.2, -0.15) is 0 Å². The van der Waals surface area contributed by atoms with Crippen LogP contribution in [0.1, 0.15) is 41.7 Å². The third-order valence-electron chi connectivity index (χ3n) is 5.46. The SMILES string of the molecule is COc1ccc(NC(=O)Nc2nc(CSc3ccccc3)c(Cl)s2)c(C(=O)C2CCCC2)c1. The smallest absolute Gasteiger partial charge is 0.325 e. The fourth-order valence-corrected chi connectivity index (χ4v) is 5.83. The molecule has 1 aliphatic carbocycles. The van der Waals surface area contributed by atoms with E-state index in [1.807, 2.05) is 30.3 Å². The molecule has 6 nitrogen and oxygen atoms in total. The number of ketones is 1. The Labute approximate surface area is 206 Å². The zero-order chi connectivity index (χ0) is 23.2. The average molecular weight is 502 g/mol. The maximum absolute atomic E-state index is 13.1. The highest BCUT2D eigenvalue weighted by Crippen LogP contribution is 2.34. The summed E-state index contributed by atoms with van der Waals surface area (Å²) in [6.07, 6.45) is 3.87. The number of urea groups is 1. The van der Waals surface area contributed by atoms with E-state index in [0.717, 1.165) is 30.6 Å². The molecule has 2 amide bonds. The van der Waals surface area contributed by atoms with Crippen LogP contribution < -0.4 is 15.4 Å². The number of amides is 2. The van der Waals surface area contributed by atoms with E-state index in [9.17, 15) is 9.59 Å². The molecule has 3 aromatic rings. The molecule has 1 heterocycles. The van der Waals surface area contributed by atoms with E-state index in [2.05, 4.69) is 15.6 Å². The number of rotatable bonds is 8.